The van der Waals surface area contributed by atoms with Crippen molar-refractivity contribution in [3.8, 4) is 5.75 Å². The molecular weight excluding hydrogens is 251 g/mol. The Labute approximate surface area is 142 Å². The minimum absolute atomic E-state index is 0. The van der Waals surface area contributed by atoms with Crippen LogP contribution in [-0.2, 0) is 4.74 Å². The zero-order valence-corrected chi connectivity index (χ0v) is 13.2. The van der Waals surface area contributed by atoms with Crippen LogP contribution >= 0.6 is 11.6 Å². The summed E-state index contributed by atoms with van der Waals surface area (Å²) >= 11 is 6.05. The molecule has 2 aromatic rings. The van der Waals surface area contributed by atoms with E-state index < -0.39 is 0 Å². The van der Waals surface area contributed by atoms with Crippen LogP contribution in [0.4, 0.5) is 0 Å². The van der Waals surface area contributed by atoms with Crippen molar-refractivity contribution in [3.63, 3.8) is 0 Å². The van der Waals surface area contributed by atoms with Crippen LogP contribution in [0.15, 0.2) is 36.4 Å². The first-order valence-corrected chi connectivity index (χ1v) is 4.99. The van der Waals surface area contributed by atoms with Crippen molar-refractivity contribution in [2.75, 3.05) is 13.9 Å². The molecule has 0 aromatic heterocycles. The van der Waals surface area contributed by atoms with Crippen LogP contribution < -0.4 is 4.74 Å². The molecule has 2 rings (SSSR count). The Kier molecular flexibility index (Phi) is 6.29. The second kappa shape index (κ2) is 6.96. The first-order valence-electron chi connectivity index (χ1n) is 4.61. The van der Waals surface area contributed by atoms with E-state index in [0.717, 1.165) is 21.5 Å². The monoisotopic (exact) mass is 261 g/mol. The summed E-state index contributed by atoms with van der Waals surface area (Å²) in [5.41, 5.74) is 0. The molecule has 4 heteroatoms. The van der Waals surface area contributed by atoms with E-state index in [9.17, 15) is 0 Å². The SMILES string of the molecule is COCOc1ccc2c(Cl)cccc2c1.[K]. The summed E-state index contributed by atoms with van der Waals surface area (Å²) in [5.74, 6) is 0.784. The Morgan fingerprint density at radius 1 is 1.19 bits per heavy atom. The Morgan fingerprint density at radius 2 is 2.00 bits per heavy atom. The van der Waals surface area contributed by atoms with Crippen LogP contribution in [0, 0.1) is 0 Å². The van der Waals surface area contributed by atoms with Crippen molar-refractivity contribution in [2.45, 2.75) is 0 Å². The van der Waals surface area contributed by atoms with Gasteiger partial charge in [-0.3, -0.25) is 0 Å². The minimum atomic E-state index is 0. The Bertz CT molecular complexity index is 474. The molecule has 0 saturated carbocycles. The molecule has 0 atom stereocenters. The predicted octanol–water partition coefficient (Wildman–Crippen LogP) is 3.10. The molecule has 0 spiro atoms. The fourth-order valence-corrected chi connectivity index (χ4v) is 1.68. The summed E-state index contributed by atoms with van der Waals surface area (Å²) in [5, 5.41) is 2.85. The van der Waals surface area contributed by atoms with Crippen LogP contribution in [0.3, 0.4) is 0 Å². The number of fused-ring (bicyclic) bond motifs is 1. The molecule has 0 unspecified atom stereocenters. The molecule has 0 heterocycles. The zero-order chi connectivity index (χ0) is 10.7. The van der Waals surface area contributed by atoms with Gasteiger partial charge in [-0.2, -0.15) is 0 Å². The number of ether oxygens (including phenoxy) is 2. The maximum atomic E-state index is 6.05. The van der Waals surface area contributed by atoms with E-state index in [4.69, 9.17) is 21.1 Å². The first-order chi connectivity index (χ1) is 7.31. The minimum Gasteiger partial charge on any atom is -0.468 e. The van der Waals surface area contributed by atoms with Gasteiger partial charge in [0.2, 0.25) is 0 Å². The standard InChI is InChI=1S/C12H11ClO2.K/c1-14-8-15-10-5-6-11-9(7-10)3-2-4-12(11)13;/h2-7H,8H2,1H3;. The van der Waals surface area contributed by atoms with Crippen molar-refractivity contribution in [1.82, 2.24) is 0 Å². The summed E-state index contributed by atoms with van der Waals surface area (Å²) in [6, 6.07) is 11.6. The summed E-state index contributed by atoms with van der Waals surface area (Å²) in [7, 11) is 1.60. The van der Waals surface area contributed by atoms with Crippen LogP contribution in [0.2, 0.25) is 5.02 Å². The molecule has 0 saturated heterocycles. The second-order valence-electron chi connectivity index (χ2n) is 3.17. The molecule has 2 aromatic carbocycles. The van der Waals surface area contributed by atoms with Gasteiger partial charge in [-0.1, -0.05) is 23.7 Å². The topological polar surface area (TPSA) is 18.5 Å². The molecule has 2 nitrogen and oxygen atoms in total. The molecular formula is C12H11ClKO2. The Morgan fingerprint density at radius 3 is 2.75 bits per heavy atom. The summed E-state index contributed by atoms with van der Waals surface area (Å²) in [4.78, 5) is 0. The molecule has 16 heavy (non-hydrogen) atoms. The third-order valence-electron chi connectivity index (χ3n) is 2.14. The smallest absolute Gasteiger partial charge is 0.188 e. The molecule has 0 amide bonds. The molecule has 0 aliphatic carbocycles. The summed E-state index contributed by atoms with van der Waals surface area (Å²) < 4.78 is 10.2. The van der Waals surface area contributed by atoms with Crippen LogP contribution in [-0.4, -0.2) is 65.3 Å². The molecule has 0 fully saturated rings. The Hall–Kier alpha value is 0.386. The third kappa shape index (κ3) is 3.44. The summed E-state index contributed by atoms with van der Waals surface area (Å²) in [6.07, 6.45) is 0. The number of halogens is 1. The molecule has 0 aliphatic heterocycles. The van der Waals surface area contributed by atoms with Gasteiger partial charge in [0.15, 0.2) is 6.79 Å². The number of rotatable bonds is 3. The normalized spacial score (nSPS) is 9.88. The van der Waals surface area contributed by atoms with E-state index in [0.29, 0.717) is 0 Å². The quantitative estimate of drug-likeness (QED) is 0.624. The van der Waals surface area contributed by atoms with Crippen molar-refractivity contribution in [1.29, 1.82) is 0 Å². The van der Waals surface area contributed by atoms with Gasteiger partial charge in [0, 0.05) is 68.9 Å². The molecule has 79 valence electrons. The van der Waals surface area contributed by atoms with E-state index in [1.54, 1.807) is 7.11 Å². The van der Waals surface area contributed by atoms with Crippen LogP contribution in [0.5, 0.6) is 5.75 Å². The Balaban J connectivity index is 0.00000128. The van der Waals surface area contributed by atoms with E-state index in [2.05, 4.69) is 0 Å². The van der Waals surface area contributed by atoms with E-state index in [1.165, 1.54) is 0 Å². The van der Waals surface area contributed by atoms with Crippen molar-refractivity contribution in [3.05, 3.63) is 41.4 Å². The molecule has 1 radical (unpaired) electrons. The number of hydrogen-bond donors (Lipinski definition) is 0. The van der Waals surface area contributed by atoms with Gasteiger partial charge < -0.3 is 9.47 Å². The largest absolute Gasteiger partial charge is 0.468 e. The maximum Gasteiger partial charge on any atom is 0.188 e. The van der Waals surface area contributed by atoms with Gasteiger partial charge >= 0.3 is 0 Å². The number of benzene rings is 2. The fraction of sp³-hybridized carbons (Fsp3) is 0.167. The van der Waals surface area contributed by atoms with E-state index in [-0.39, 0.29) is 58.2 Å². The van der Waals surface area contributed by atoms with E-state index in [1.807, 2.05) is 36.4 Å². The van der Waals surface area contributed by atoms with Gasteiger partial charge in [0.25, 0.3) is 0 Å². The first kappa shape index (κ1) is 14.4. The van der Waals surface area contributed by atoms with Gasteiger partial charge in [0.1, 0.15) is 5.75 Å². The average Bonchev–Trinajstić information content (AvgIpc) is 2.26. The summed E-state index contributed by atoms with van der Waals surface area (Å²) in [6.45, 7) is 0.256. The van der Waals surface area contributed by atoms with Gasteiger partial charge in [-0.05, 0) is 29.7 Å². The second-order valence-corrected chi connectivity index (χ2v) is 3.58. The van der Waals surface area contributed by atoms with Crippen molar-refractivity contribution >= 4 is 73.8 Å². The number of hydrogen-bond acceptors (Lipinski definition) is 2. The maximum absolute atomic E-state index is 6.05. The van der Waals surface area contributed by atoms with Crippen molar-refractivity contribution < 1.29 is 9.47 Å². The van der Waals surface area contributed by atoms with Gasteiger partial charge in [-0.25, -0.2) is 0 Å². The third-order valence-corrected chi connectivity index (χ3v) is 2.47. The van der Waals surface area contributed by atoms with Gasteiger partial charge in [-0.15, -0.1) is 0 Å². The number of methoxy groups -OCH3 is 1. The average molecular weight is 262 g/mol. The molecule has 0 aliphatic rings. The molecule has 0 N–H and O–H groups in total. The van der Waals surface area contributed by atoms with Gasteiger partial charge in [0.05, 0.1) is 0 Å². The van der Waals surface area contributed by atoms with Crippen molar-refractivity contribution in [2.24, 2.45) is 0 Å². The molecule has 0 bridgehead atoms. The van der Waals surface area contributed by atoms with E-state index >= 15 is 0 Å². The zero-order valence-electron chi connectivity index (χ0n) is 9.37. The fourth-order valence-electron chi connectivity index (χ4n) is 1.44. The van der Waals surface area contributed by atoms with Crippen LogP contribution in [0.25, 0.3) is 10.8 Å². The van der Waals surface area contributed by atoms with Crippen LogP contribution in [0.1, 0.15) is 0 Å². The predicted molar refractivity (Wildman–Crippen MR) is 67.2 cm³/mol.